The van der Waals surface area contributed by atoms with E-state index in [1.807, 2.05) is 24.3 Å². The van der Waals surface area contributed by atoms with Gasteiger partial charge in [0.05, 0.1) is 17.5 Å². The number of hydrogen-bond donors (Lipinski definition) is 0. The Morgan fingerprint density at radius 2 is 1.78 bits per heavy atom. The highest BCUT2D eigenvalue weighted by Gasteiger charge is 2.15. The molecule has 0 N–H and O–H groups in total. The van der Waals surface area contributed by atoms with E-state index in [0.717, 1.165) is 16.0 Å². The number of nitrogens with zero attached hydrogens (tertiary/aromatic N) is 3. The molecular weight excluding hydrogens is 405 g/mol. The number of rotatable bonds is 2. The van der Waals surface area contributed by atoms with E-state index in [9.17, 15) is 4.79 Å². The van der Waals surface area contributed by atoms with Gasteiger partial charge in [-0.1, -0.05) is 46.7 Å². The summed E-state index contributed by atoms with van der Waals surface area (Å²) in [7, 11) is 0. The van der Waals surface area contributed by atoms with E-state index < -0.39 is 5.63 Å². The molecule has 5 nitrogen and oxygen atoms in total. The molecule has 5 rings (SSSR count). The zero-order valence-electron chi connectivity index (χ0n) is 13.5. The van der Waals surface area contributed by atoms with E-state index in [1.54, 1.807) is 35.0 Å². The SMILES string of the molecule is O=c1oc2ccc(Cl)cc2cc1-c1cn2nc(-c3ccc(Cl)cc3)sc2n1. The first-order chi connectivity index (χ1) is 13.1. The van der Waals surface area contributed by atoms with Crippen LogP contribution >= 0.6 is 34.5 Å². The van der Waals surface area contributed by atoms with Gasteiger partial charge in [-0.05, 0) is 36.4 Å². The second-order valence-electron chi connectivity index (χ2n) is 5.90. The van der Waals surface area contributed by atoms with Crippen molar-refractivity contribution >= 4 is 50.5 Å². The second-order valence-corrected chi connectivity index (χ2v) is 7.73. The van der Waals surface area contributed by atoms with Gasteiger partial charge in [0.25, 0.3) is 0 Å². The van der Waals surface area contributed by atoms with Crippen LogP contribution in [0.15, 0.2) is 63.9 Å². The van der Waals surface area contributed by atoms with Crippen LogP contribution in [0.3, 0.4) is 0 Å². The summed E-state index contributed by atoms with van der Waals surface area (Å²) >= 11 is 13.4. The van der Waals surface area contributed by atoms with Gasteiger partial charge in [0.1, 0.15) is 10.6 Å². The summed E-state index contributed by atoms with van der Waals surface area (Å²) in [6.07, 6.45) is 1.72. The molecule has 0 spiro atoms. The normalized spacial score (nSPS) is 11.5. The molecule has 0 aliphatic rings. The van der Waals surface area contributed by atoms with Gasteiger partial charge in [-0.2, -0.15) is 5.10 Å². The molecule has 0 aliphatic heterocycles. The standard InChI is InChI=1S/C19H9Cl2N3O2S/c20-12-3-1-10(2-4-12)17-23-24-9-15(22-19(24)27-17)14-8-11-7-13(21)5-6-16(11)26-18(14)25/h1-9H. The van der Waals surface area contributed by atoms with Crippen LogP contribution in [-0.2, 0) is 0 Å². The lowest BCUT2D eigenvalue weighted by Crippen LogP contribution is -2.02. The van der Waals surface area contributed by atoms with E-state index in [0.29, 0.717) is 31.8 Å². The number of fused-ring (bicyclic) bond motifs is 2. The van der Waals surface area contributed by atoms with Crippen LogP contribution in [0.4, 0.5) is 0 Å². The minimum atomic E-state index is -0.450. The lowest BCUT2D eigenvalue weighted by atomic mass is 10.1. The predicted molar refractivity (Wildman–Crippen MR) is 108 cm³/mol. The Labute approximate surface area is 166 Å². The molecule has 0 saturated heterocycles. The van der Waals surface area contributed by atoms with Crippen LogP contribution in [0.5, 0.6) is 0 Å². The van der Waals surface area contributed by atoms with Gasteiger partial charge in [0, 0.05) is 21.0 Å². The molecule has 132 valence electrons. The van der Waals surface area contributed by atoms with Crippen molar-refractivity contribution in [3.05, 3.63) is 75.2 Å². The first kappa shape index (κ1) is 16.5. The molecule has 0 fully saturated rings. The Morgan fingerprint density at radius 3 is 2.56 bits per heavy atom. The zero-order chi connectivity index (χ0) is 18.5. The number of imidazole rings is 1. The van der Waals surface area contributed by atoms with E-state index in [2.05, 4.69) is 10.1 Å². The first-order valence-corrected chi connectivity index (χ1v) is 9.50. The van der Waals surface area contributed by atoms with Crippen molar-refractivity contribution in [2.75, 3.05) is 0 Å². The summed E-state index contributed by atoms with van der Waals surface area (Å²) in [4.78, 5) is 17.6. The topological polar surface area (TPSA) is 60.4 Å². The summed E-state index contributed by atoms with van der Waals surface area (Å²) in [5.41, 5.74) is 1.87. The molecule has 0 saturated carbocycles. The molecular formula is C19H9Cl2N3O2S. The van der Waals surface area contributed by atoms with E-state index in [-0.39, 0.29) is 0 Å². The second kappa shape index (κ2) is 6.20. The Hall–Kier alpha value is -2.67. The average Bonchev–Trinajstić information content (AvgIpc) is 3.21. The molecule has 0 amide bonds. The molecule has 0 unspecified atom stereocenters. The van der Waals surface area contributed by atoms with Crippen LogP contribution in [-0.4, -0.2) is 14.6 Å². The van der Waals surface area contributed by atoms with Crippen LogP contribution in [0.25, 0.3) is 37.8 Å². The molecule has 0 bridgehead atoms. The fourth-order valence-electron chi connectivity index (χ4n) is 2.81. The fraction of sp³-hybridized carbons (Fsp3) is 0. The molecule has 0 aliphatic carbocycles. The van der Waals surface area contributed by atoms with Gasteiger partial charge >= 0.3 is 5.63 Å². The lowest BCUT2D eigenvalue weighted by Gasteiger charge is -2.00. The van der Waals surface area contributed by atoms with E-state index in [1.165, 1.54) is 11.3 Å². The van der Waals surface area contributed by atoms with Gasteiger partial charge in [-0.15, -0.1) is 0 Å². The summed E-state index contributed by atoms with van der Waals surface area (Å²) in [6.45, 7) is 0. The third-order valence-corrected chi connectivity index (χ3v) is 5.56. The third-order valence-electron chi connectivity index (χ3n) is 4.10. The maximum atomic E-state index is 12.4. The highest BCUT2D eigenvalue weighted by molar-refractivity contribution is 7.19. The van der Waals surface area contributed by atoms with Gasteiger partial charge in [0.2, 0.25) is 4.96 Å². The quantitative estimate of drug-likeness (QED) is 0.356. The van der Waals surface area contributed by atoms with Gasteiger partial charge < -0.3 is 4.42 Å². The molecule has 27 heavy (non-hydrogen) atoms. The van der Waals surface area contributed by atoms with Crippen LogP contribution in [0.2, 0.25) is 10.0 Å². The monoisotopic (exact) mass is 413 g/mol. The third kappa shape index (κ3) is 2.92. The maximum absolute atomic E-state index is 12.4. The van der Waals surface area contributed by atoms with Gasteiger partial charge in [-0.25, -0.2) is 14.3 Å². The van der Waals surface area contributed by atoms with Gasteiger partial charge in [0.15, 0.2) is 0 Å². The molecule has 2 aromatic carbocycles. The minimum Gasteiger partial charge on any atom is -0.422 e. The Kier molecular flexibility index (Phi) is 3.79. The summed E-state index contributed by atoms with van der Waals surface area (Å²) in [5.74, 6) is 0. The highest BCUT2D eigenvalue weighted by atomic mass is 35.5. The lowest BCUT2D eigenvalue weighted by molar-refractivity contribution is 0.563. The molecule has 3 aromatic heterocycles. The molecule has 8 heteroatoms. The number of hydrogen-bond acceptors (Lipinski definition) is 5. The summed E-state index contributed by atoms with van der Waals surface area (Å²) in [6, 6.07) is 14.3. The molecule has 5 aromatic rings. The Bertz CT molecular complexity index is 1340. The van der Waals surface area contributed by atoms with Crippen molar-refractivity contribution in [3.63, 3.8) is 0 Å². The van der Waals surface area contributed by atoms with Crippen molar-refractivity contribution in [2.45, 2.75) is 0 Å². The zero-order valence-corrected chi connectivity index (χ0v) is 15.8. The number of halogens is 2. The van der Waals surface area contributed by atoms with Crippen LogP contribution < -0.4 is 5.63 Å². The van der Waals surface area contributed by atoms with Gasteiger partial charge in [-0.3, -0.25) is 0 Å². The van der Waals surface area contributed by atoms with Crippen LogP contribution in [0, 0.1) is 0 Å². The minimum absolute atomic E-state index is 0.371. The predicted octanol–water partition coefficient (Wildman–Crippen LogP) is 5.54. The molecule has 0 radical (unpaired) electrons. The number of aromatic nitrogens is 3. The van der Waals surface area contributed by atoms with E-state index >= 15 is 0 Å². The van der Waals surface area contributed by atoms with Crippen molar-refractivity contribution in [3.8, 4) is 21.8 Å². The smallest absolute Gasteiger partial charge is 0.345 e. The Morgan fingerprint density at radius 1 is 1.00 bits per heavy atom. The van der Waals surface area contributed by atoms with Crippen molar-refractivity contribution < 1.29 is 4.42 Å². The van der Waals surface area contributed by atoms with Crippen molar-refractivity contribution in [1.82, 2.24) is 14.6 Å². The fourth-order valence-corrected chi connectivity index (χ4v) is 4.01. The summed E-state index contributed by atoms with van der Waals surface area (Å²) < 4.78 is 7.04. The summed E-state index contributed by atoms with van der Waals surface area (Å²) in [5, 5.41) is 7.34. The van der Waals surface area contributed by atoms with Crippen molar-refractivity contribution in [1.29, 1.82) is 0 Å². The highest BCUT2D eigenvalue weighted by Crippen LogP contribution is 2.29. The van der Waals surface area contributed by atoms with Crippen LogP contribution in [0.1, 0.15) is 0 Å². The first-order valence-electron chi connectivity index (χ1n) is 7.93. The largest absolute Gasteiger partial charge is 0.422 e. The maximum Gasteiger partial charge on any atom is 0.345 e. The Balaban J connectivity index is 1.60. The molecule has 3 heterocycles. The number of benzene rings is 2. The average molecular weight is 414 g/mol. The van der Waals surface area contributed by atoms with E-state index in [4.69, 9.17) is 27.6 Å². The van der Waals surface area contributed by atoms with Crippen molar-refractivity contribution in [2.24, 2.45) is 0 Å². The molecule has 0 atom stereocenters.